The molecule has 0 bridgehead atoms. The van der Waals surface area contributed by atoms with Crippen LogP contribution in [0.1, 0.15) is 71.1 Å². The Morgan fingerprint density at radius 2 is 1.76 bits per heavy atom. The van der Waals surface area contributed by atoms with Gasteiger partial charge in [0.25, 0.3) is 0 Å². The summed E-state index contributed by atoms with van der Waals surface area (Å²) >= 11 is 0. The summed E-state index contributed by atoms with van der Waals surface area (Å²) in [5.41, 5.74) is -0.0743. The molecule has 1 aliphatic heterocycles. The van der Waals surface area contributed by atoms with Crippen LogP contribution < -0.4 is 0 Å². The fraction of sp³-hybridized carbons (Fsp3) is 0.933. The fourth-order valence-electron chi connectivity index (χ4n) is 3.41. The second-order valence-corrected chi connectivity index (χ2v) is 6.01. The van der Waals surface area contributed by atoms with Gasteiger partial charge in [0.15, 0.2) is 0 Å². The van der Waals surface area contributed by atoms with E-state index < -0.39 is 0 Å². The summed E-state index contributed by atoms with van der Waals surface area (Å²) in [7, 11) is 0. The Kier molecular flexibility index (Phi) is 4.45. The minimum Gasteiger partial charge on any atom is -0.375 e. The van der Waals surface area contributed by atoms with Crippen LogP contribution in [0.3, 0.4) is 0 Å². The van der Waals surface area contributed by atoms with Gasteiger partial charge < -0.3 is 4.74 Å². The highest BCUT2D eigenvalue weighted by atomic mass is 16.5. The van der Waals surface area contributed by atoms with E-state index in [1.807, 2.05) is 0 Å². The smallest absolute Gasteiger partial charge is 0.0690 e. The van der Waals surface area contributed by atoms with Crippen molar-refractivity contribution in [3.63, 3.8) is 0 Å². The zero-order chi connectivity index (χ0) is 12.1. The lowest BCUT2D eigenvalue weighted by Gasteiger charge is -2.31. The van der Waals surface area contributed by atoms with Gasteiger partial charge in [0.05, 0.1) is 23.7 Å². The lowest BCUT2D eigenvalue weighted by Crippen LogP contribution is -2.26. The van der Waals surface area contributed by atoms with E-state index in [9.17, 15) is 5.26 Å². The van der Waals surface area contributed by atoms with Crippen molar-refractivity contribution in [2.24, 2.45) is 5.41 Å². The maximum absolute atomic E-state index is 9.58. The van der Waals surface area contributed by atoms with E-state index in [4.69, 9.17) is 4.74 Å². The van der Waals surface area contributed by atoms with Gasteiger partial charge in [-0.25, -0.2) is 0 Å². The molecule has 1 heterocycles. The van der Waals surface area contributed by atoms with Crippen molar-refractivity contribution in [1.82, 2.24) is 0 Å². The molecule has 1 aliphatic carbocycles. The van der Waals surface area contributed by atoms with Crippen molar-refractivity contribution in [2.45, 2.75) is 83.3 Å². The zero-order valence-electron chi connectivity index (χ0n) is 11.1. The van der Waals surface area contributed by atoms with Crippen molar-refractivity contribution < 1.29 is 4.74 Å². The first kappa shape index (κ1) is 12.9. The van der Waals surface area contributed by atoms with Gasteiger partial charge in [0.2, 0.25) is 0 Å². The van der Waals surface area contributed by atoms with E-state index in [0.717, 1.165) is 25.7 Å². The Morgan fingerprint density at radius 3 is 2.29 bits per heavy atom. The van der Waals surface area contributed by atoms with Crippen molar-refractivity contribution >= 4 is 0 Å². The molecular weight excluding hydrogens is 210 g/mol. The van der Waals surface area contributed by atoms with Gasteiger partial charge in [0, 0.05) is 0 Å². The summed E-state index contributed by atoms with van der Waals surface area (Å²) in [4.78, 5) is 0. The van der Waals surface area contributed by atoms with Crippen molar-refractivity contribution in [3.05, 3.63) is 0 Å². The highest BCUT2D eigenvalue weighted by Gasteiger charge is 2.35. The maximum atomic E-state index is 9.58. The minimum atomic E-state index is -0.0743. The van der Waals surface area contributed by atoms with Crippen molar-refractivity contribution in [1.29, 1.82) is 5.26 Å². The number of rotatable bonds is 2. The molecular formula is C15H25NO. The SMILES string of the molecule is CC1CCC(CC2(C#N)CCCCCCC2)O1. The maximum Gasteiger partial charge on any atom is 0.0690 e. The second-order valence-electron chi connectivity index (χ2n) is 6.01. The second kappa shape index (κ2) is 5.87. The van der Waals surface area contributed by atoms with Crippen molar-refractivity contribution in [2.75, 3.05) is 0 Å². The normalized spacial score (nSPS) is 33.6. The molecule has 1 saturated heterocycles. The molecule has 2 aliphatic rings. The summed E-state index contributed by atoms with van der Waals surface area (Å²) in [5.74, 6) is 0. The molecule has 2 rings (SSSR count). The lowest BCUT2D eigenvalue weighted by molar-refractivity contribution is 0.0271. The zero-order valence-corrected chi connectivity index (χ0v) is 11.1. The number of hydrogen-bond donors (Lipinski definition) is 0. The third kappa shape index (κ3) is 3.45. The monoisotopic (exact) mass is 235 g/mol. The molecule has 0 aromatic heterocycles. The molecule has 0 aromatic rings. The summed E-state index contributed by atoms with van der Waals surface area (Å²) in [6.45, 7) is 2.15. The molecule has 2 nitrogen and oxygen atoms in total. The first-order valence-electron chi connectivity index (χ1n) is 7.31. The van der Waals surface area contributed by atoms with Gasteiger partial charge in [-0.05, 0) is 39.0 Å². The predicted octanol–water partition coefficient (Wildman–Crippen LogP) is 4.20. The molecule has 2 heteroatoms. The van der Waals surface area contributed by atoms with Gasteiger partial charge >= 0.3 is 0 Å². The summed E-state index contributed by atoms with van der Waals surface area (Å²) in [5, 5.41) is 9.58. The fourth-order valence-corrected chi connectivity index (χ4v) is 3.41. The van der Waals surface area contributed by atoms with Crippen LogP contribution in [0, 0.1) is 16.7 Å². The molecule has 2 fully saturated rings. The number of ether oxygens (including phenoxy) is 1. The van der Waals surface area contributed by atoms with Gasteiger partial charge in [-0.3, -0.25) is 0 Å². The molecule has 0 aromatic carbocycles. The largest absolute Gasteiger partial charge is 0.375 e. The molecule has 2 unspecified atom stereocenters. The minimum absolute atomic E-state index is 0.0743. The summed E-state index contributed by atoms with van der Waals surface area (Å²) < 4.78 is 5.91. The van der Waals surface area contributed by atoms with Crippen molar-refractivity contribution in [3.8, 4) is 6.07 Å². The Labute approximate surface area is 105 Å². The highest BCUT2D eigenvalue weighted by Crippen LogP contribution is 2.40. The average Bonchev–Trinajstić information content (AvgIpc) is 2.68. The topological polar surface area (TPSA) is 33.0 Å². The Bertz CT molecular complexity index is 273. The van der Waals surface area contributed by atoms with E-state index in [-0.39, 0.29) is 5.41 Å². The molecule has 1 saturated carbocycles. The van der Waals surface area contributed by atoms with Crippen LogP contribution in [0.4, 0.5) is 0 Å². The van der Waals surface area contributed by atoms with Gasteiger partial charge in [-0.15, -0.1) is 0 Å². The van der Waals surface area contributed by atoms with Crippen LogP contribution in [0.2, 0.25) is 0 Å². The van der Waals surface area contributed by atoms with Gasteiger partial charge in [-0.1, -0.05) is 32.1 Å². The van der Waals surface area contributed by atoms with Crippen LogP contribution in [0.15, 0.2) is 0 Å². The number of nitrogens with zero attached hydrogens (tertiary/aromatic N) is 1. The van der Waals surface area contributed by atoms with Gasteiger partial charge in [-0.2, -0.15) is 5.26 Å². The summed E-state index contributed by atoms with van der Waals surface area (Å²) in [6, 6.07) is 2.65. The standard InChI is InChI=1S/C15H25NO/c1-13-7-8-14(17-13)11-15(12-16)9-5-3-2-4-6-10-15/h13-14H,2-11H2,1H3. The summed E-state index contributed by atoms with van der Waals surface area (Å²) in [6.07, 6.45) is 12.7. The molecule has 0 N–H and O–H groups in total. The molecule has 17 heavy (non-hydrogen) atoms. The van der Waals surface area contributed by atoms with E-state index >= 15 is 0 Å². The van der Waals surface area contributed by atoms with Gasteiger partial charge in [0.1, 0.15) is 0 Å². The van der Waals surface area contributed by atoms with E-state index in [2.05, 4.69) is 13.0 Å². The Morgan fingerprint density at radius 1 is 1.12 bits per heavy atom. The molecule has 0 radical (unpaired) electrons. The van der Waals surface area contributed by atoms with Crippen LogP contribution in [0.5, 0.6) is 0 Å². The highest BCUT2D eigenvalue weighted by molar-refractivity contribution is 5.01. The predicted molar refractivity (Wildman–Crippen MR) is 68.6 cm³/mol. The van der Waals surface area contributed by atoms with E-state index in [1.54, 1.807) is 0 Å². The Hall–Kier alpha value is -0.550. The first-order chi connectivity index (χ1) is 8.24. The third-order valence-corrected chi connectivity index (χ3v) is 4.49. The van der Waals surface area contributed by atoms with Crippen LogP contribution in [-0.4, -0.2) is 12.2 Å². The van der Waals surface area contributed by atoms with Crippen LogP contribution in [0.25, 0.3) is 0 Å². The number of nitriles is 1. The number of hydrogen-bond acceptors (Lipinski definition) is 2. The average molecular weight is 235 g/mol. The van der Waals surface area contributed by atoms with Crippen LogP contribution >= 0.6 is 0 Å². The lowest BCUT2D eigenvalue weighted by atomic mass is 9.73. The van der Waals surface area contributed by atoms with E-state index in [0.29, 0.717) is 12.2 Å². The molecule has 2 atom stereocenters. The first-order valence-corrected chi connectivity index (χ1v) is 7.31. The van der Waals surface area contributed by atoms with Crippen LogP contribution in [-0.2, 0) is 4.74 Å². The van der Waals surface area contributed by atoms with E-state index in [1.165, 1.54) is 38.5 Å². The molecule has 0 spiro atoms. The molecule has 96 valence electrons. The Balaban J connectivity index is 1.94. The third-order valence-electron chi connectivity index (χ3n) is 4.49. The molecule has 0 amide bonds. The quantitative estimate of drug-likeness (QED) is 0.718.